The van der Waals surface area contributed by atoms with Crippen LogP contribution in [0.4, 0.5) is 4.79 Å². The maximum atomic E-state index is 12.7. The van der Waals surface area contributed by atoms with E-state index in [1.54, 1.807) is 55.5 Å². The number of hydrogen-bond donors (Lipinski definition) is 1. The number of hydrogen-bond acceptors (Lipinski definition) is 3. The molecule has 1 atom stereocenters. The van der Waals surface area contributed by atoms with Gasteiger partial charge in [0.1, 0.15) is 5.54 Å². The van der Waals surface area contributed by atoms with Crippen LogP contribution in [0.2, 0.25) is 0 Å². The van der Waals surface area contributed by atoms with Gasteiger partial charge in [0.25, 0.3) is 5.91 Å². The number of carbonyl (C=O) groups is 3. The molecule has 0 spiro atoms. The van der Waals surface area contributed by atoms with E-state index in [4.69, 9.17) is 0 Å². The fourth-order valence-electron chi connectivity index (χ4n) is 2.68. The summed E-state index contributed by atoms with van der Waals surface area (Å²) in [5.74, 6) is -0.715. The van der Waals surface area contributed by atoms with E-state index in [0.717, 1.165) is 9.37 Å². The first-order valence-corrected chi connectivity index (χ1v) is 8.19. The van der Waals surface area contributed by atoms with Gasteiger partial charge in [-0.25, -0.2) is 4.79 Å². The summed E-state index contributed by atoms with van der Waals surface area (Å²) < 4.78 is 0.852. The lowest BCUT2D eigenvalue weighted by Crippen LogP contribution is -2.41. The summed E-state index contributed by atoms with van der Waals surface area (Å²) in [6.07, 6.45) is 0. The topological polar surface area (TPSA) is 66.5 Å². The molecule has 1 aliphatic heterocycles. The van der Waals surface area contributed by atoms with Crippen LogP contribution < -0.4 is 5.32 Å². The van der Waals surface area contributed by atoms with Gasteiger partial charge in [0.2, 0.25) is 0 Å². The van der Waals surface area contributed by atoms with E-state index in [0.29, 0.717) is 11.1 Å². The lowest BCUT2D eigenvalue weighted by Gasteiger charge is -2.22. The minimum Gasteiger partial charge on any atom is -0.319 e. The molecule has 1 heterocycles. The zero-order chi connectivity index (χ0) is 17.3. The number of nitrogens with zero attached hydrogens (tertiary/aromatic N) is 1. The Bertz CT molecular complexity index is 805. The number of amides is 3. The highest BCUT2D eigenvalue weighted by molar-refractivity contribution is 9.10. The standard InChI is InChI=1S/C18H15BrN2O3/c1-18(13-5-3-2-4-6-13)16(23)21(17(24)20-18)11-15(22)12-7-9-14(19)10-8-12/h2-10H,11H2,1H3,(H,20,24)/t18-/m0/s1. The molecule has 0 unspecified atom stereocenters. The first kappa shape index (κ1) is 16.4. The summed E-state index contributed by atoms with van der Waals surface area (Å²) in [6.45, 7) is 1.36. The van der Waals surface area contributed by atoms with Crippen LogP contribution in [0, 0.1) is 0 Å². The number of halogens is 1. The fraction of sp³-hybridized carbons (Fsp3) is 0.167. The third-order valence-corrected chi connectivity index (χ3v) is 4.62. The third kappa shape index (κ3) is 2.85. The molecule has 1 aliphatic rings. The molecule has 1 saturated heterocycles. The molecule has 1 fully saturated rings. The molecule has 1 N–H and O–H groups in total. The Kier molecular flexibility index (Phi) is 4.24. The van der Waals surface area contributed by atoms with Crippen molar-refractivity contribution in [2.24, 2.45) is 0 Å². The maximum Gasteiger partial charge on any atom is 0.325 e. The lowest BCUT2D eigenvalue weighted by molar-refractivity contribution is -0.130. The minimum atomic E-state index is -1.15. The number of urea groups is 1. The van der Waals surface area contributed by atoms with Crippen molar-refractivity contribution in [3.05, 3.63) is 70.2 Å². The molecule has 0 aromatic heterocycles. The van der Waals surface area contributed by atoms with Crippen LogP contribution in [-0.2, 0) is 10.3 Å². The highest BCUT2D eigenvalue weighted by atomic mass is 79.9. The van der Waals surface area contributed by atoms with Crippen LogP contribution in [0.15, 0.2) is 59.1 Å². The van der Waals surface area contributed by atoms with Gasteiger partial charge >= 0.3 is 6.03 Å². The van der Waals surface area contributed by atoms with Gasteiger partial charge in [-0.3, -0.25) is 14.5 Å². The van der Waals surface area contributed by atoms with Crippen LogP contribution >= 0.6 is 15.9 Å². The van der Waals surface area contributed by atoms with Crippen molar-refractivity contribution < 1.29 is 14.4 Å². The molecule has 122 valence electrons. The first-order valence-electron chi connectivity index (χ1n) is 7.40. The molecule has 2 aromatic carbocycles. The second-order valence-electron chi connectivity index (χ2n) is 5.74. The van der Waals surface area contributed by atoms with Gasteiger partial charge in [0, 0.05) is 10.0 Å². The summed E-state index contributed by atoms with van der Waals surface area (Å²) in [7, 11) is 0. The predicted molar refractivity (Wildman–Crippen MR) is 92.5 cm³/mol. The summed E-state index contributed by atoms with van der Waals surface area (Å²) in [4.78, 5) is 38.3. The SMILES string of the molecule is C[C@@]1(c2ccccc2)NC(=O)N(CC(=O)c2ccc(Br)cc2)C1=O. The van der Waals surface area contributed by atoms with E-state index in [9.17, 15) is 14.4 Å². The molecule has 5 nitrogen and oxygen atoms in total. The predicted octanol–water partition coefficient (Wildman–Crippen LogP) is 3.10. The Labute approximate surface area is 147 Å². The Hall–Kier alpha value is -2.47. The van der Waals surface area contributed by atoms with Crippen LogP contribution in [0.5, 0.6) is 0 Å². The molecule has 3 amide bonds. The largest absolute Gasteiger partial charge is 0.325 e. The highest BCUT2D eigenvalue weighted by Crippen LogP contribution is 2.28. The number of nitrogens with one attached hydrogen (secondary N) is 1. The monoisotopic (exact) mass is 386 g/mol. The Balaban J connectivity index is 1.82. The number of Topliss-reactive ketones (excluding diaryl/α,β-unsaturated/α-hetero) is 1. The number of imide groups is 1. The van der Waals surface area contributed by atoms with Crippen LogP contribution in [0.3, 0.4) is 0 Å². The van der Waals surface area contributed by atoms with Crippen molar-refractivity contribution in [1.82, 2.24) is 10.2 Å². The first-order chi connectivity index (χ1) is 11.4. The van der Waals surface area contributed by atoms with E-state index in [2.05, 4.69) is 21.2 Å². The third-order valence-electron chi connectivity index (χ3n) is 4.09. The van der Waals surface area contributed by atoms with Crippen molar-refractivity contribution in [2.45, 2.75) is 12.5 Å². The lowest BCUT2D eigenvalue weighted by atomic mass is 9.92. The van der Waals surface area contributed by atoms with Crippen molar-refractivity contribution in [2.75, 3.05) is 6.54 Å². The van der Waals surface area contributed by atoms with Gasteiger partial charge in [-0.2, -0.15) is 0 Å². The summed E-state index contributed by atoms with van der Waals surface area (Å²) in [6, 6.07) is 15.2. The normalized spacial score (nSPS) is 20.2. The Morgan fingerprint density at radius 2 is 1.71 bits per heavy atom. The van der Waals surface area contributed by atoms with Crippen molar-refractivity contribution in [1.29, 1.82) is 0 Å². The Morgan fingerprint density at radius 3 is 2.33 bits per heavy atom. The van der Waals surface area contributed by atoms with Gasteiger partial charge in [-0.15, -0.1) is 0 Å². The molecular weight excluding hydrogens is 372 g/mol. The van der Waals surface area contributed by atoms with Crippen molar-refractivity contribution >= 4 is 33.7 Å². The second kappa shape index (κ2) is 6.20. The number of carbonyl (C=O) groups excluding carboxylic acids is 3. The van der Waals surface area contributed by atoms with Crippen molar-refractivity contribution in [3.8, 4) is 0 Å². The molecular formula is C18H15BrN2O3. The van der Waals surface area contributed by atoms with Gasteiger partial charge in [-0.1, -0.05) is 58.4 Å². The fourth-order valence-corrected chi connectivity index (χ4v) is 2.94. The average Bonchev–Trinajstić information content (AvgIpc) is 2.80. The maximum absolute atomic E-state index is 12.7. The molecule has 0 aliphatic carbocycles. The zero-order valence-electron chi connectivity index (χ0n) is 13.0. The van der Waals surface area contributed by atoms with Gasteiger partial charge < -0.3 is 5.32 Å². The van der Waals surface area contributed by atoms with Gasteiger partial charge in [0.05, 0.1) is 6.54 Å². The van der Waals surface area contributed by atoms with E-state index < -0.39 is 17.5 Å². The van der Waals surface area contributed by atoms with Crippen LogP contribution in [-0.4, -0.2) is 29.2 Å². The minimum absolute atomic E-state index is 0.283. The molecule has 0 bridgehead atoms. The molecule has 3 rings (SSSR count). The summed E-state index contributed by atoms with van der Waals surface area (Å²) >= 11 is 3.30. The zero-order valence-corrected chi connectivity index (χ0v) is 14.5. The van der Waals surface area contributed by atoms with Gasteiger partial charge in [0.15, 0.2) is 5.78 Å². The quantitative estimate of drug-likeness (QED) is 0.648. The molecule has 6 heteroatoms. The van der Waals surface area contributed by atoms with E-state index in [1.807, 2.05) is 6.07 Å². The molecule has 24 heavy (non-hydrogen) atoms. The van der Waals surface area contributed by atoms with E-state index >= 15 is 0 Å². The van der Waals surface area contributed by atoms with Crippen LogP contribution in [0.25, 0.3) is 0 Å². The Morgan fingerprint density at radius 1 is 1.08 bits per heavy atom. The number of rotatable bonds is 4. The van der Waals surface area contributed by atoms with Crippen molar-refractivity contribution in [3.63, 3.8) is 0 Å². The molecule has 0 radical (unpaired) electrons. The summed E-state index contributed by atoms with van der Waals surface area (Å²) in [5.41, 5.74) is -0.0210. The smallest absolute Gasteiger partial charge is 0.319 e. The number of ketones is 1. The van der Waals surface area contributed by atoms with E-state index in [-0.39, 0.29) is 12.3 Å². The van der Waals surface area contributed by atoms with Crippen LogP contribution in [0.1, 0.15) is 22.8 Å². The highest BCUT2D eigenvalue weighted by Gasteiger charge is 2.49. The second-order valence-corrected chi connectivity index (χ2v) is 6.66. The summed E-state index contributed by atoms with van der Waals surface area (Å²) in [5, 5.41) is 2.69. The molecule has 0 saturated carbocycles. The molecule has 2 aromatic rings. The average molecular weight is 387 g/mol. The van der Waals surface area contributed by atoms with E-state index in [1.165, 1.54) is 0 Å². The number of benzene rings is 2. The van der Waals surface area contributed by atoms with Gasteiger partial charge in [-0.05, 0) is 24.6 Å².